The van der Waals surface area contributed by atoms with Crippen LogP contribution in [-0.2, 0) is 28.5 Å². The molecule has 2 amide bonds. The predicted octanol–water partition coefficient (Wildman–Crippen LogP) is 4.51. The van der Waals surface area contributed by atoms with Gasteiger partial charge in [0, 0.05) is 13.1 Å². The Bertz CT molecular complexity index is 1510. The van der Waals surface area contributed by atoms with Crippen molar-refractivity contribution in [2.45, 2.75) is 52.1 Å². The van der Waals surface area contributed by atoms with E-state index in [1.54, 1.807) is 12.4 Å². The van der Waals surface area contributed by atoms with Gasteiger partial charge in [0.1, 0.15) is 25.2 Å². The van der Waals surface area contributed by atoms with E-state index in [0.717, 1.165) is 33.6 Å². The highest BCUT2D eigenvalue weighted by atomic mass is 16.7. The first-order valence-corrected chi connectivity index (χ1v) is 15.6. The van der Waals surface area contributed by atoms with E-state index in [4.69, 9.17) is 18.9 Å². The molecule has 12 heteroatoms. The summed E-state index contributed by atoms with van der Waals surface area (Å²) < 4.78 is 22.5. The number of aromatic nitrogens is 4. The first-order valence-electron chi connectivity index (χ1n) is 15.6. The van der Waals surface area contributed by atoms with Crippen molar-refractivity contribution in [2.24, 2.45) is 11.8 Å². The van der Waals surface area contributed by atoms with E-state index in [-0.39, 0.29) is 25.4 Å². The van der Waals surface area contributed by atoms with Crippen molar-refractivity contribution in [1.82, 2.24) is 30.6 Å². The molecular weight excluding hydrogens is 588 g/mol. The molecule has 2 fully saturated rings. The Hall–Kier alpha value is -4.36. The van der Waals surface area contributed by atoms with Gasteiger partial charge in [-0.25, -0.2) is 9.97 Å². The van der Waals surface area contributed by atoms with E-state index in [2.05, 4.69) is 54.8 Å². The van der Waals surface area contributed by atoms with Crippen molar-refractivity contribution in [3.05, 3.63) is 72.6 Å². The van der Waals surface area contributed by atoms with Gasteiger partial charge in [-0.1, -0.05) is 76.2 Å². The maximum absolute atomic E-state index is 12.6. The maximum Gasteiger partial charge on any atom is 0.252 e. The van der Waals surface area contributed by atoms with Crippen LogP contribution < -0.4 is 10.6 Å². The Kier molecular flexibility index (Phi) is 9.59. The minimum Gasteiger partial charge on any atom is -0.353 e. The molecule has 2 aromatic heterocycles. The molecular formula is C34H40N6O6. The molecule has 0 bridgehead atoms. The van der Waals surface area contributed by atoms with Crippen LogP contribution >= 0.6 is 0 Å². The van der Waals surface area contributed by atoms with Crippen molar-refractivity contribution >= 4 is 11.8 Å². The summed E-state index contributed by atoms with van der Waals surface area (Å²) in [6.45, 7) is 9.37. The van der Waals surface area contributed by atoms with Crippen molar-refractivity contribution in [2.75, 3.05) is 26.7 Å². The Labute approximate surface area is 267 Å². The molecule has 4 unspecified atom stereocenters. The number of imidazole rings is 2. The van der Waals surface area contributed by atoms with Gasteiger partial charge in [-0.05, 0) is 34.1 Å². The van der Waals surface area contributed by atoms with Gasteiger partial charge in [0.2, 0.25) is 0 Å². The molecule has 6 rings (SSSR count). The third kappa shape index (κ3) is 7.05. The van der Waals surface area contributed by atoms with Crippen molar-refractivity contribution in [3.63, 3.8) is 0 Å². The molecule has 0 aliphatic carbocycles. The number of nitrogens with zero attached hydrogens (tertiary/aromatic N) is 2. The Morgan fingerprint density at radius 2 is 1.02 bits per heavy atom. The maximum atomic E-state index is 12.6. The summed E-state index contributed by atoms with van der Waals surface area (Å²) in [5, 5.41) is 5.82. The average molecular weight is 629 g/mol. The molecule has 2 aliphatic heterocycles. The molecule has 242 valence electrons. The van der Waals surface area contributed by atoms with Gasteiger partial charge in [-0.3, -0.25) is 9.59 Å². The van der Waals surface area contributed by atoms with Crippen LogP contribution in [0, 0.1) is 11.8 Å². The normalized spacial score (nSPS) is 21.3. The number of amides is 2. The number of nitrogens with one attached hydrogen (secondary N) is 4. The number of ether oxygens (including phenoxy) is 4. The monoisotopic (exact) mass is 628 g/mol. The number of hydrogen-bond acceptors (Lipinski definition) is 8. The highest BCUT2D eigenvalue weighted by Crippen LogP contribution is 2.32. The standard InChI is InChI=1S/C34H40N6O6/c1-19(2)13-37-33(41)29-27(43-17-45-29)31-35-15-25(39-31)23-9-5-21(6-10-23)22-7-11-24(12-8-22)26-16-36-32(40-26)28-30(46-18-44-28)34(42)38-14-20(3)4/h5-12,15-16,19-20,27-30H,13-14,17-18H2,1-4H3,(H,35,39)(H,36,40)(H,37,41)(H,38,42). The molecule has 46 heavy (non-hydrogen) atoms. The summed E-state index contributed by atoms with van der Waals surface area (Å²) in [6.07, 6.45) is 0.787. The third-order valence-electron chi connectivity index (χ3n) is 7.88. The zero-order valence-electron chi connectivity index (χ0n) is 26.4. The molecule has 0 saturated carbocycles. The summed E-state index contributed by atoms with van der Waals surface area (Å²) >= 11 is 0. The number of H-pyrrole nitrogens is 2. The number of carbonyl (C=O) groups excluding carboxylic acids is 2. The van der Waals surface area contributed by atoms with E-state index >= 15 is 0 Å². The molecule has 0 spiro atoms. The predicted molar refractivity (Wildman–Crippen MR) is 170 cm³/mol. The molecule has 4 aromatic rings. The van der Waals surface area contributed by atoms with Crippen molar-refractivity contribution in [1.29, 1.82) is 0 Å². The lowest BCUT2D eigenvalue weighted by atomic mass is 10.0. The van der Waals surface area contributed by atoms with Crippen molar-refractivity contribution in [3.8, 4) is 33.6 Å². The fourth-order valence-corrected chi connectivity index (χ4v) is 5.34. The van der Waals surface area contributed by atoms with Crippen LogP contribution in [-0.4, -0.2) is 70.6 Å². The average Bonchev–Trinajstić information content (AvgIpc) is 3.89. The van der Waals surface area contributed by atoms with Crippen molar-refractivity contribution < 1.29 is 28.5 Å². The van der Waals surface area contributed by atoms with Crippen LogP contribution in [0.1, 0.15) is 51.6 Å². The molecule has 4 atom stereocenters. The molecule has 0 radical (unpaired) electrons. The van der Waals surface area contributed by atoms with E-state index < -0.39 is 24.4 Å². The molecule has 2 saturated heterocycles. The lowest BCUT2D eigenvalue weighted by Gasteiger charge is -2.16. The van der Waals surface area contributed by atoms with Crippen LogP contribution in [0.25, 0.3) is 33.6 Å². The van der Waals surface area contributed by atoms with Crippen LogP contribution in [0.3, 0.4) is 0 Å². The van der Waals surface area contributed by atoms with Gasteiger partial charge >= 0.3 is 0 Å². The number of rotatable bonds is 11. The van der Waals surface area contributed by atoms with E-state index in [9.17, 15) is 9.59 Å². The smallest absolute Gasteiger partial charge is 0.252 e. The quantitative estimate of drug-likeness (QED) is 0.189. The highest BCUT2D eigenvalue weighted by Gasteiger charge is 2.39. The van der Waals surface area contributed by atoms with Gasteiger partial charge in [0.25, 0.3) is 11.8 Å². The lowest BCUT2D eigenvalue weighted by molar-refractivity contribution is -0.131. The largest absolute Gasteiger partial charge is 0.353 e. The zero-order valence-corrected chi connectivity index (χ0v) is 26.4. The van der Waals surface area contributed by atoms with E-state index in [0.29, 0.717) is 36.6 Å². The summed E-state index contributed by atoms with van der Waals surface area (Å²) in [6, 6.07) is 16.3. The Balaban J connectivity index is 1.09. The first-order chi connectivity index (χ1) is 22.3. The Morgan fingerprint density at radius 1 is 0.652 bits per heavy atom. The fraction of sp³-hybridized carbons (Fsp3) is 0.412. The van der Waals surface area contributed by atoms with Crippen LogP contribution in [0.4, 0.5) is 0 Å². The fourth-order valence-electron chi connectivity index (χ4n) is 5.34. The molecule has 12 nitrogen and oxygen atoms in total. The first kappa shape index (κ1) is 31.6. The summed E-state index contributed by atoms with van der Waals surface area (Å²) in [5.41, 5.74) is 5.67. The second-order valence-electron chi connectivity index (χ2n) is 12.4. The second kappa shape index (κ2) is 14.0. The van der Waals surface area contributed by atoms with E-state index in [1.807, 2.05) is 52.0 Å². The topological polar surface area (TPSA) is 152 Å². The number of hydrogen-bond donors (Lipinski definition) is 4. The second-order valence-corrected chi connectivity index (χ2v) is 12.4. The number of carbonyl (C=O) groups is 2. The molecule has 4 heterocycles. The van der Waals surface area contributed by atoms with Crippen LogP contribution in [0.5, 0.6) is 0 Å². The summed E-state index contributed by atoms with van der Waals surface area (Å²) in [7, 11) is 0. The van der Waals surface area contributed by atoms with Gasteiger partial charge in [-0.2, -0.15) is 0 Å². The van der Waals surface area contributed by atoms with Crippen LogP contribution in [0.15, 0.2) is 60.9 Å². The van der Waals surface area contributed by atoms with Gasteiger partial charge in [-0.15, -0.1) is 0 Å². The molecule has 2 aromatic carbocycles. The SMILES string of the molecule is CC(C)CNC(=O)C1OCOC1c1ncc(-c2ccc(-c3ccc(-c4cnc(C5OCOC5C(=O)NCC(C)C)[nH]4)cc3)cc2)[nH]1. The van der Waals surface area contributed by atoms with Gasteiger partial charge < -0.3 is 39.5 Å². The zero-order chi connectivity index (χ0) is 32.2. The minimum atomic E-state index is -0.750. The van der Waals surface area contributed by atoms with E-state index in [1.165, 1.54) is 0 Å². The summed E-state index contributed by atoms with van der Waals surface area (Å²) in [4.78, 5) is 40.8. The third-order valence-corrected chi connectivity index (χ3v) is 7.88. The molecule has 2 aliphatic rings. The molecule has 4 N–H and O–H groups in total. The Morgan fingerprint density at radius 3 is 1.39 bits per heavy atom. The number of benzene rings is 2. The van der Waals surface area contributed by atoms with Crippen LogP contribution in [0.2, 0.25) is 0 Å². The van der Waals surface area contributed by atoms with Gasteiger partial charge in [0.15, 0.2) is 24.4 Å². The number of aromatic amines is 2. The highest BCUT2D eigenvalue weighted by molar-refractivity contribution is 5.82. The minimum absolute atomic E-state index is 0.0388. The van der Waals surface area contributed by atoms with Gasteiger partial charge in [0.05, 0.1) is 23.8 Å². The lowest BCUT2D eigenvalue weighted by Crippen LogP contribution is -2.39. The summed E-state index contributed by atoms with van der Waals surface area (Å²) in [5.74, 6) is 1.37.